The molecule has 2 aliphatic rings. The van der Waals surface area contributed by atoms with E-state index in [9.17, 15) is 0 Å². The summed E-state index contributed by atoms with van der Waals surface area (Å²) in [4.78, 5) is 0. The molecular formula is C10H15N3O. The minimum Gasteiger partial charge on any atom is -0.372 e. The molecule has 2 heterocycles. The Kier molecular flexibility index (Phi) is 2.01. The molecule has 0 bridgehead atoms. The highest BCUT2D eigenvalue weighted by atomic mass is 16.5. The van der Waals surface area contributed by atoms with Gasteiger partial charge in [0.05, 0.1) is 6.61 Å². The quantitative estimate of drug-likeness (QED) is 0.678. The summed E-state index contributed by atoms with van der Waals surface area (Å²) in [5.74, 6) is 2.88. The molecule has 1 saturated carbocycles. The Morgan fingerprint density at radius 3 is 2.93 bits per heavy atom. The summed E-state index contributed by atoms with van der Waals surface area (Å²) < 4.78 is 7.61. The van der Waals surface area contributed by atoms with Crippen molar-refractivity contribution < 1.29 is 4.74 Å². The van der Waals surface area contributed by atoms with Crippen molar-refractivity contribution in [3.05, 3.63) is 11.6 Å². The normalized spacial score (nSPS) is 22.6. The monoisotopic (exact) mass is 193 g/mol. The lowest BCUT2D eigenvalue weighted by molar-refractivity contribution is 0.0802. The zero-order valence-electron chi connectivity index (χ0n) is 8.28. The Labute approximate surface area is 83.3 Å². The molecule has 0 spiro atoms. The minimum absolute atomic E-state index is 0.639. The molecule has 14 heavy (non-hydrogen) atoms. The van der Waals surface area contributed by atoms with Crippen LogP contribution in [0.25, 0.3) is 0 Å². The van der Waals surface area contributed by atoms with Crippen molar-refractivity contribution in [2.45, 2.75) is 44.8 Å². The molecule has 1 aliphatic carbocycles. The zero-order chi connectivity index (χ0) is 9.38. The molecule has 0 N–H and O–H groups in total. The van der Waals surface area contributed by atoms with Crippen LogP contribution in [0, 0.1) is 0 Å². The van der Waals surface area contributed by atoms with Crippen LogP contribution in [0.4, 0.5) is 0 Å². The number of aromatic nitrogens is 3. The lowest BCUT2D eigenvalue weighted by Crippen LogP contribution is -2.19. The summed E-state index contributed by atoms with van der Waals surface area (Å²) in [6.45, 7) is 2.39. The van der Waals surface area contributed by atoms with E-state index in [2.05, 4.69) is 14.8 Å². The zero-order valence-corrected chi connectivity index (χ0v) is 8.28. The average molecular weight is 193 g/mol. The summed E-state index contributed by atoms with van der Waals surface area (Å²) in [7, 11) is 0. The van der Waals surface area contributed by atoms with Gasteiger partial charge < -0.3 is 9.30 Å². The van der Waals surface area contributed by atoms with E-state index in [0.29, 0.717) is 12.5 Å². The van der Waals surface area contributed by atoms with Gasteiger partial charge in [0.15, 0.2) is 5.82 Å². The first-order chi connectivity index (χ1) is 6.95. The summed E-state index contributed by atoms with van der Waals surface area (Å²) in [5.41, 5.74) is 0. The molecule has 1 aromatic heterocycles. The summed E-state index contributed by atoms with van der Waals surface area (Å²) in [5, 5.41) is 8.50. The maximum atomic E-state index is 5.35. The Morgan fingerprint density at radius 1 is 1.21 bits per heavy atom. The molecule has 4 nitrogen and oxygen atoms in total. The number of nitrogens with zero attached hydrogens (tertiary/aromatic N) is 3. The van der Waals surface area contributed by atoms with E-state index in [1.165, 1.54) is 31.5 Å². The fourth-order valence-electron chi connectivity index (χ4n) is 2.50. The van der Waals surface area contributed by atoms with E-state index in [-0.39, 0.29) is 0 Å². The predicted molar refractivity (Wildman–Crippen MR) is 50.9 cm³/mol. The van der Waals surface area contributed by atoms with Gasteiger partial charge in [0, 0.05) is 12.5 Å². The van der Waals surface area contributed by atoms with Crippen molar-refractivity contribution >= 4 is 0 Å². The van der Waals surface area contributed by atoms with Crippen molar-refractivity contribution in [1.82, 2.24) is 14.8 Å². The van der Waals surface area contributed by atoms with Crippen LogP contribution in [0.1, 0.15) is 43.3 Å². The van der Waals surface area contributed by atoms with Crippen LogP contribution in [0.15, 0.2) is 0 Å². The minimum atomic E-state index is 0.639. The highest BCUT2D eigenvalue weighted by molar-refractivity contribution is 5.04. The van der Waals surface area contributed by atoms with E-state index in [0.717, 1.165) is 19.0 Å². The molecule has 0 unspecified atom stereocenters. The van der Waals surface area contributed by atoms with Crippen molar-refractivity contribution in [1.29, 1.82) is 0 Å². The van der Waals surface area contributed by atoms with Crippen LogP contribution in [-0.2, 0) is 17.9 Å². The van der Waals surface area contributed by atoms with Gasteiger partial charge in [-0.1, -0.05) is 12.8 Å². The van der Waals surface area contributed by atoms with Crippen LogP contribution in [0.3, 0.4) is 0 Å². The molecule has 1 aliphatic heterocycles. The topological polar surface area (TPSA) is 39.9 Å². The van der Waals surface area contributed by atoms with Gasteiger partial charge in [0.2, 0.25) is 0 Å². The second kappa shape index (κ2) is 3.35. The van der Waals surface area contributed by atoms with Gasteiger partial charge in [-0.05, 0) is 12.8 Å². The predicted octanol–water partition coefficient (Wildman–Crippen LogP) is 1.47. The van der Waals surface area contributed by atoms with Gasteiger partial charge >= 0.3 is 0 Å². The first-order valence-electron chi connectivity index (χ1n) is 5.45. The van der Waals surface area contributed by atoms with Crippen LogP contribution in [0.2, 0.25) is 0 Å². The maximum absolute atomic E-state index is 5.35. The third-order valence-corrected chi connectivity index (χ3v) is 3.27. The first-order valence-corrected chi connectivity index (χ1v) is 5.45. The van der Waals surface area contributed by atoms with Gasteiger partial charge in [-0.3, -0.25) is 0 Å². The van der Waals surface area contributed by atoms with Crippen molar-refractivity contribution in [3.63, 3.8) is 0 Å². The summed E-state index contributed by atoms with van der Waals surface area (Å²) >= 11 is 0. The molecule has 0 radical (unpaired) electrons. The number of ether oxygens (including phenoxy) is 1. The Bertz CT molecular complexity index is 328. The van der Waals surface area contributed by atoms with Crippen molar-refractivity contribution in [3.8, 4) is 0 Å². The van der Waals surface area contributed by atoms with Gasteiger partial charge in [-0.25, -0.2) is 0 Å². The van der Waals surface area contributed by atoms with Gasteiger partial charge in [0.1, 0.15) is 12.4 Å². The summed E-state index contributed by atoms with van der Waals surface area (Å²) in [6.07, 6.45) is 5.28. The smallest absolute Gasteiger partial charge is 0.159 e. The van der Waals surface area contributed by atoms with E-state index < -0.39 is 0 Å². The van der Waals surface area contributed by atoms with E-state index in [1.54, 1.807) is 0 Å². The van der Waals surface area contributed by atoms with Crippen molar-refractivity contribution in [2.75, 3.05) is 6.61 Å². The first kappa shape index (κ1) is 8.41. The Hall–Kier alpha value is -0.900. The van der Waals surface area contributed by atoms with Crippen LogP contribution >= 0.6 is 0 Å². The van der Waals surface area contributed by atoms with E-state index >= 15 is 0 Å². The Morgan fingerprint density at radius 2 is 2.07 bits per heavy atom. The maximum Gasteiger partial charge on any atom is 0.159 e. The third-order valence-electron chi connectivity index (χ3n) is 3.27. The SMILES string of the molecule is C1CCC(c2nnc3n2CCOC3)C1. The molecule has 4 heteroatoms. The number of rotatable bonds is 1. The molecule has 0 aromatic carbocycles. The number of hydrogen-bond acceptors (Lipinski definition) is 3. The molecule has 0 saturated heterocycles. The molecule has 0 atom stereocenters. The standard InChI is InChI=1S/C10H15N3O/c1-2-4-8(3-1)10-12-11-9-7-14-6-5-13(9)10/h8H,1-7H2. The lowest BCUT2D eigenvalue weighted by Gasteiger charge is -2.17. The molecule has 1 aromatic rings. The van der Waals surface area contributed by atoms with Gasteiger partial charge in [-0.15, -0.1) is 10.2 Å². The molecule has 76 valence electrons. The second-order valence-electron chi connectivity index (χ2n) is 4.16. The largest absolute Gasteiger partial charge is 0.372 e. The second-order valence-corrected chi connectivity index (χ2v) is 4.16. The summed E-state index contributed by atoms with van der Waals surface area (Å²) in [6, 6.07) is 0. The van der Waals surface area contributed by atoms with Crippen LogP contribution in [-0.4, -0.2) is 21.4 Å². The van der Waals surface area contributed by atoms with Gasteiger partial charge in [0.25, 0.3) is 0 Å². The van der Waals surface area contributed by atoms with E-state index in [4.69, 9.17) is 4.74 Å². The van der Waals surface area contributed by atoms with Crippen LogP contribution < -0.4 is 0 Å². The fourth-order valence-corrected chi connectivity index (χ4v) is 2.50. The molecular weight excluding hydrogens is 178 g/mol. The molecule has 1 fully saturated rings. The molecule has 3 rings (SSSR count). The number of hydrogen-bond donors (Lipinski definition) is 0. The van der Waals surface area contributed by atoms with E-state index in [1.807, 2.05) is 0 Å². The average Bonchev–Trinajstić information content (AvgIpc) is 2.85. The highest BCUT2D eigenvalue weighted by Crippen LogP contribution is 2.33. The molecule has 0 amide bonds. The van der Waals surface area contributed by atoms with Crippen molar-refractivity contribution in [2.24, 2.45) is 0 Å². The number of fused-ring (bicyclic) bond motifs is 1. The van der Waals surface area contributed by atoms with Gasteiger partial charge in [-0.2, -0.15) is 0 Å². The van der Waals surface area contributed by atoms with Crippen LogP contribution in [0.5, 0.6) is 0 Å². The fraction of sp³-hybridized carbons (Fsp3) is 0.800. The third kappa shape index (κ3) is 1.25. The lowest BCUT2D eigenvalue weighted by atomic mass is 10.1. The highest BCUT2D eigenvalue weighted by Gasteiger charge is 2.25. The Balaban J connectivity index is 1.93.